The first-order chi connectivity index (χ1) is 24.7. The van der Waals surface area contributed by atoms with Gasteiger partial charge in [-0.2, -0.15) is 0 Å². The molecular weight excluding hydrogens is 705 g/mol. The Morgan fingerprint density at radius 1 is 0.750 bits per heavy atom. The van der Waals surface area contributed by atoms with Crippen molar-refractivity contribution in [3.63, 3.8) is 0 Å². The number of hydrogen-bond acceptors (Lipinski definition) is 4. The highest BCUT2D eigenvalue weighted by Gasteiger charge is 2.60. The van der Waals surface area contributed by atoms with Crippen LogP contribution in [0.2, 0.25) is 15.1 Å². The van der Waals surface area contributed by atoms with Gasteiger partial charge in [-0.25, -0.2) is 0 Å². The van der Waals surface area contributed by atoms with Crippen molar-refractivity contribution in [1.82, 2.24) is 4.90 Å². The van der Waals surface area contributed by atoms with E-state index in [1.54, 1.807) is 24.8 Å². The van der Waals surface area contributed by atoms with Crippen LogP contribution in [-0.4, -0.2) is 36.4 Å². The van der Waals surface area contributed by atoms with Crippen LogP contribution in [0.25, 0.3) is 0 Å². The summed E-state index contributed by atoms with van der Waals surface area (Å²) in [5.74, 6) is -0.191. The maximum absolute atomic E-state index is 14.8. The number of benzene rings is 5. The fourth-order valence-corrected chi connectivity index (χ4v) is 12.7. The van der Waals surface area contributed by atoms with Crippen molar-refractivity contribution >= 4 is 47.8 Å². The second-order valence-electron chi connectivity index (χ2n) is 15.7. The van der Waals surface area contributed by atoms with Crippen molar-refractivity contribution < 1.29 is 19.1 Å². The van der Waals surface area contributed by atoms with Crippen molar-refractivity contribution in [2.24, 2.45) is 0 Å². The monoisotopic (exact) mass is 749 g/mol. The van der Waals surface area contributed by atoms with Crippen molar-refractivity contribution in [3.8, 4) is 0 Å². The van der Waals surface area contributed by atoms with Crippen molar-refractivity contribution in [2.75, 3.05) is 6.61 Å². The summed E-state index contributed by atoms with van der Waals surface area (Å²) in [5.41, 5.74) is 0.463. The van der Waals surface area contributed by atoms with Crippen molar-refractivity contribution in [1.29, 1.82) is 0 Å². The second kappa shape index (κ2) is 13.6. The van der Waals surface area contributed by atoms with Gasteiger partial charge in [0.1, 0.15) is 0 Å². The van der Waals surface area contributed by atoms with Gasteiger partial charge < -0.3 is 14.3 Å². The highest BCUT2D eigenvalue weighted by Crippen LogP contribution is 2.52. The molecule has 1 unspecified atom stereocenters. The zero-order valence-corrected chi connectivity index (χ0v) is 32.8. The lowest BCUT2D eigenvalue weighted by atomic mass is 9.89. The molecule has 8 heteroatoms. The molecule has 0 aromatic heterocycles. The lowest BCUT2D eigenvalue weighted by molar-refractivity contribution is -0.135. The Morgan fingerprint density at radius 2 is 1.29 bits per heavy atom. The molecule has 5 aromatic rings. The molecule has 1 aliphatic heterocycles. The number of rotatable bonds is 11. The van der Waals surface area contributed by atoms with Crippen LogP contribution >= 0.6 is 23.2 Å². The third kappa shape index (κ3) is 6.55. The van der Waals surface area contributed by atoms with E-state index < -0.39 is 25.2 Å². The summed E-state index contributed by atoms with van der Waals surface area (Å²) in [6.07, 6.45) is 1.65. The van der Waals surface area contributed by atoms with Gasteiger partial charge in [0.2, 0.25) is 0 Å². The summed E-state index contributed by atoms with van der Waals surface area (Å²) in [6.45, 7) is 10.8. The highest BCUT2D eigenvalue weighted by atomic mass is 35.5. The first kappa shape index (κ1) is 36.6. The molecule has 1 N–H and O–H groups in total. The topological polar surface area (TPSA) is 59.0 Å². The fraction of sp³-hybridized carbons (Fsp3) is 0.295. The number of ether oxygens (including phenoxy) is 1. The Balaban J connectivity index is 1.37. The average molecular weight is 751 g/mol. The molecule has 52 heavy (non-hydrogen) atoms. The normalized spacial score (nSPS) is 18.4. The minimum atomic E-state index is -2.93. The van der Waals surface area contributed by atoms with E-state index in [9.17, 15) is 9.90 Å². The van der Waals surface area contributed by atoms with E-state index in [0.717, 1.165) is 24.0 Å². The molecule has 268 valence electrons. The van der Waals surface area contributed by atoms with Crippen LogP contribution in [0.4, 0.5) is 0 Å². The molecule has 5 aromatic carbocycles. The smallest absolute Gasteiger partial charge is 0.261 e. The summed E-state index contributed by atoms with van der Waals surface area (Å²) in [6, 6.07) is 42.0. The predicted molar refractivity (Wildman–Crippen MR) is 212 cm³/mol. The molecule has 0 saturated heterocycles. The van der Waals surface area contributed by atoms with Gasteiger partial charge >= 0.3 is 0 Å². The molecule has 1 saturated carbocycles. The van der Waals surface area contributed by atoms with E-state index >= 15 is 0 Å². The molecule has 1 aliphatic carbocycles. The molecule has 2 aliphatic rings. The van der Waals surface area contributed by atoms with E-state index in [1.165, 1.54) is 10.4 Å². The van der Waals surface area contributed by atoms with Crippen molar-refractivity contribution in [2.45, 2.75) is 76.0 Å². The fourth-order valence-electron chi connectivity index (χ4n) is 7.64. The summed E-state index contributed by atoms with van der Waals surface area (Å²) in [4.78, 5) is 16.6. The minimum absolute atomic E-state index is 0.191. The number of carbonyl (C=O) groups excluding carboxylic acids is 1. The van der Waals surface area contributed by atoms with Crippen LogP contribution in [0.15, 0.2) is 127 Å². The maximum atomic E-state index is 14.8. The number of carbonyl (C=O) groups is 1. The molecule has 7 rings (SSSR count). The molecular formula is C44H45Cl2NO4Si. The molecule has 1 heterocycles. The number of hydrogen-bond donors (Lipinski definition) is 1. The maximum Gasteiger partial charge on any atom is 0.261 e. The van der Waals surface area contributed by atoms with Gasteiger partial charge in [0.25, 0.3) is 14.2 Å². The van der Waals surface area contributed by atoms with Gasteiger partial charge in [-0.3, -0.25) is 9.69 Å². The highest BCUT2D eigenvalue weighted by molar-refractivity contribution is 6.99. The number of aliphatic hydroxyl groups is 1. The molecule has 1 atom stereocenters. The predicted octanol–water partition coefficient (Wildman–Crippen LogP) is 9.20. The zero-order valence-electron chi connectivity index (χ0n) is 30.3. The van der Waals surface area contributed by atoms with E-state index in [0.29, 0.717) is 26.7 Å². The van der Waals surface area contributed by atoms with Crippen LogP contribution < -0.4 is 10.4 Å². The van der Waals surface area contributed by atoms with Gasteiger partial charge in [-0.1, -0.05) is 141 Å². The van der Waals surface area contributed by atoms with Crippen LogP contribution in [0.5, 0.6) is 0 Å². The zero-order chi connectivity index (χ0) is 36.9. The van der Waals surface area contributed by atoms with Gasteiger partial charge in [0.15, 0.2) is 5.72 Å². The van der Waals surface area contributed by atoms with Crippen LogP contribution in [0.3, 0.4) is 0 Å². The SMILES string of the molecule is CC(C)(O)c1ccc2c(c1)C(=O)N(Cc1ccc(Cl)cc1)C2(OCC1(O[Si](c2ccccc2)(c2ccccc2)C(C)(C)C)CC1)c1ccc(Cl)cc1. The number of halogens is 2. The minimum Gasteiger partial charge on any atom is -0.400 e. The number of amides is 1. The lowest BCUT2D eigenvalue weighted by Gasteiger charge is -2.46. The second-order valence-corrected chi connectivity index (χ2v) is 20.8. The van der Waals surface area contributed by atoms with Crippen LogP contribution in [0, 0.1) is 0 Å². The Hall–Kier alpha value is -3.75. The number of nitrogens with zero attached hydrogens (tertiary/aromatic N) is 1. The number of fused-ring (bicyclic) bond motifs is 1. The van der Waals surface area contributed by atoms with Crippen LogP contribution in [-0.2, 0) is 27.0 Å². The average Bonchev–Trinajstić information content (AvgIpc) is 3.86. The summed E-state index contributed by atoms with van der Waals surface area (Å²) in [5, 5.41) is 14.4. The van der Waals surface area contributed by atoms with Gasteiger partial charge in [-0.15, -0.1) is 0 Å². The van der Waals surface area contributed by atoms with Gasteiger partial charge in [-0.05, 0) is 83.6 Å². The van der Waals surface area contributed by atoms with E-state index in [-0.39, 0.29) is 24.1 Å². The van der Waals surface area contributed by atoms with Gasteiger partial charge in [0, 0.05) is 33.3 Å². The summed E-state index contributed by atoms with van der Waals surface area (Å²) in [7, 11) is -2.93. The van der Waals surface area contributed by atoms with Gasteiger partial charge in [0.05, 0.1) is 17.8 Å². The molecule has 0 radical (unpaired) electrons. The van der Waals surface area contributed by atoms with Crippen molar-refractivity contribution in [3.05, 3.63) is 165 Å². The first-order valence-corrected chi connectivity index (χ1v) is 20.5. The quantitative estimate of drug-likeness (QED) is 0.137. The molecule has 1 fully saturated rings. The largest absolute Gasteiger partial charge is 0.400 e. The molecule has 0 bridgehead atoms. The third-order valence-electron chi connectivity index (χ3n) is 10.6. The summed E-state index contributed by atoms with van der Waals surface area (Å²) < 4.78 is 15.1. The Morgan fingerprint density at radius 3 is 1.79 bits per heavy atom. The summed E-state index contributed by atoms with van der Waals surface area (Å²) >= 11 is 12.7. The Labute approximate surface area is 318 Å². The van der Waals surface area contributed by atoms with E-state index in [2.05, 4.69) is 81.4 Å². The van der Waals surface area contributed by atoms with E-state index in [1.807, 2.05) is 60.7 Å². The molecule has 1 amide bonds. The molecule has 0 spiro atoms. The van der Waals surface area contributed by atoms with Crippen LogP contribution in [0.1, 0.15) is 80.1 Å². The Kier molecular flexibility index (Phi) is 9.56. The van der Waals surface area contributed by atoms with E-state index in [4.69, 9.17) is 32.4 Å². The standard InChI is InChI=1S/C44H45Cl2NO4Si/c1-41(2,3)52(36-12-8-6-9-13-36,37-14-10-7-11-15-37)51-43(26-27-43)30-50-44(32-18-23-35(46)24-19-32)39-25-20-33(42(4,5)49)28-38(39)40(48)47(44)29-31-16-21-34(45)22-17-31/h6-25,28,49H,26-27,29-30H2,1-5H3. The Bertz CT molecular complexity index is 2020. The first-order valence-electron chi connectivity index (χ1n) is 17.8. The lowest BCUT2D eigenvalue weighted by Crippen LogP contribution is -2.68. The molecule has 5 nitrogen and oxygen atoms in total. The third-order valence-corrected chi connectivity index (χ3v) is 16.2.